The largest absolute Gasteiger partial charge is 0.494 e. The Balaban J connectivity index is 1.72. The fourth-order valence-corrected chi connectivity index (χ4v) is 2.63. The van der Waals surface area contributed by atoms with Crippen LogP contribution in [0.3, 0.4) is 0 Å². The summed E-state index contributed by atoms with van der Waals surface area (Å²) in [7, 11) is 1.48. The minimum Gasteiger partial charge on any atom is -0.494 e. The highest BCUT2D eigenvalue weighted by Gasteiger charge is 2.16. The lowest BCUT2D eigenvalue weighted by molar-refractivity contribution is 0.0987. The first-order valence-electron chi connectivity index (χ1n) is 9.02. The van der Waals surface area contributed by atoms with E-state index in [9.17, 15) is 9.59 Å². The number of ether oxygens (including phenoxy) is 1. The molecule has 28 heavy (non-hydrogen) atoms. The van der Waals surface area contributed by atoms with Crippen LogP contribution in [0.25, 0.3) is 0 Å². The van der Waals surface area contributed by atoms with Crippen molar-refractivity contribution in [3.63, 3.8) is 0 Å². The second-order valence-corrected chi connectivity index (χ2v) is 6.06. The first-order valence-corrected chi connectivity index (χ1v) is 9.02. The highest BCUT2D eigenvalue weighted by Crippen LogP contribution is 2.29. The van der Waals surface area contributed by atoms with Gasteiger partial charge in [0.15, 0.2) is 11.5 Å². The molecule has 0 aliphatic rings. The molecular formula is C21H22N2O5. The Morgan fingerprint density at radius 3 is 1.93 bits per heavy atom. The van der Waals surface area contributed by atoms with E-state index in [1.54, 1.807) is 42.5 Å². The third-order valence-electron chi connectivity index (χ3n) is 4.18. The van der Waals surface area contributed by atoms with Crippen LogP contribution in [0.5, 0.6) is 5.75 Å². The predicted octanol–water partition coefficient (Wildman–Crippen LogP) is 4.51. The Bertz CT molecular complexity index is 986. The monoisotopic (exact) mass is 382 g/mol. The molecule has 3 rings (SSSR count). The summed E-state index contributed by atoms with van der Waals surface area (Å²) in [6, 6.07) is 11.7. The van der Waals surface area contributed by atoms with Crippen LogP contribution in [0, 0.1) is 0 Å². The Morgan fingerprint density at radius 2 is 1.43 bits per heavy atom. The lowest BCUT2D eigenvalue weighted by Gasteiger charge is -2.12. The molecule has 0 unspecified atom stereocenters. The van der Waals surface area contributed by atoms with E-state index in [0.717, 1.165) is 11.5 Å². The number of benzene rings is 1. The maximum Gasteiger partial charge on any atom is 0.291 e. The number of carbonyl (C=O) groups is 2. The summed E-state index contributed by atoms with van der Waals surface area (Å²) in [5.41, 5.74) is 0.979. The van der Waals surface area contributed by atoms with Crippen LogP contribution in [-0.4, -0.2) is 18.9 Å². The second-order valence-electron chi connectivity index (χ2n) is 6.06. The van der Waals surface area contributed by atoms with Crippen molar-refractivity contribution in [3.8, 4) is 5.75 Å². The topological polar surface area (TPSA) is 93.7 Å². The maximum absolute atomic E-state index is 12.3. The molecule has 0 spiro atoms. The summed E-state index contributed by atoms with van der Waals surface area (Å²) in [5, 5.41) is 5.50. The Morgan fingerprint density at radius 1 is 0.857 bits per heavy atom. The van der Waals surface area contributed by atoms with Gasteiger partial charge in [0.25, 0.3) is 11.8 Å². The summed E-state index contributed by atoms with van der Waals surface area (Å²) in [5.74, 6) is 1.60. The SMILES string of the molecule is CCc1ccc(C(=O)Nc2ccc(NC(=O)c3ccc(CC)o3)c(OC)c2)o1. The van der Waals surface area contributed by atoms with Gasteiger partial charge in [0.05, 0.1) is 12.8 Å². The smallest absolute Gasteiger partial charge is 0.291 e. The van der Waals surface area contributed by atoms with Gasteiger partial charge in [-0.3, -0.25) is 9.59 Å². The van der Waals surface area contributed by atoms with Gasteiger partial charge in [-0.25, -0.2) is 0 Å². The van der Waals surface area contributed by atoms with Gasteiger partial charge in [-0.15, -0.1) is 0 Å². The molecule has 0 saturated heterocycles. The standard InChI is InChI=1S/C21H22N2O5/c1-4-14-7-10-17(27-14)20(24)22-13-6-9-16(19(12-13)26-3)23-21(25)18-11-8-15(5-2)28-18/h6-12H,4-5H2,1-3H3,(H,22,24)(H,23,25). The maximum atomic E-state index is 12.3. The normalized spacial score (nSPS) is 10.5. The summed E-state index contributed by atoms with van der Waals surface area (Å²) in [6.45, 7) is 3.90. The van der Waals surface area contributed by atoms with Gasteiger partial charge in [0.2, 0.25) is 0 Å². The number of carbonyl (C=O) groups excluding carboxylic acids is 2. The molecule has 2 amide bonds. The lowest BCUT2D eigenvalue weighted by atomic mass is 10.2. The molecule has 0 bridgehead atoms. The molecule has 2 heterocycles. The number of hydrogen-bond donors (Lipinski definition) is 2. The summed E-state index contributed by atoms with van der Waals surface area (Å²) in [6.07, 6.45) is 1.42. The van der Waals surface area contributed by atoms with E-state index < -0.39 is 0 Å². The van der Waals surface area contributed by atoms with Crippen molar-refractivity contribution in [1.29, 1.82) is 0 Å². The molecule has 3 aromatic rings. The fraction of sp³-hybridized carbons (Fsp3) is 0.238. The number of hydrogen-bond acceptors (Lipinski definition) is 5. The molecule has 2 aromatic heterocycles. The van der Waals surface area contributed by atoms with Crippen LogP contribution < -0.4 is 15.4 Å². The van der Waals surface area contributed by atoms with Crippen molar-refractivity contribution in [3.05, 3.63) is 65.5 Å². The molecule has 0 atom stereocenters. The molecule has 146 valence electrons. The van der Waals surface area contributed by atoms with Crippen LogP contribution >= 0.6 is 0 Å². The number of nitrogens with one attached hydrogen (secondary N) is 2. The minimum absolute atomic E-state index is 0.223. The van der Waals surface area contributed by atoms with Gasteiger partial charge < -0.3 is 24.2 Å². The highest BCUT2D eigenvalue weighted by atomic mass is 16.5. The van der Waals surface area contributed by atoms with Gasteiger partial charge in [-0.05, 0) is 36.4 Å². The third kappa shape index (κ3) is 4.25. The van der Waals surface area contributed by atoms with E-state index in [-0.39, 0.29) is 23.3 Å². The predicted molar refractivity (Wildman–Crippen MR) is 105 cm³/mol. The quantitative estimate of drug-likeness (QED) is 0.627. The van der Waals surface area contributed by atoms with E-state index >= 15 is 0 Å². The van der Waals surface area contributed by atoms with E-state index in [2.05, 4.69) is 10.6 Å². The van der Waals surface area contributed by atoms with Crippen LogP contribution in [0.2, 0.25) is 0 Å². The minimum atomic E-state index is -0.377. The zero-order chi connectivity index (χ0) is 20.1. The molecule has 7 heteroatoms. The third-order valence-corrected chi connectivity index (χ3v) is 4.18. The van der Waals surface area contributed by atoms with Crippen molar-refractivity contribution in [1.82, 2.24) is 0 Å². The number of aryl methyl sites for hydroxylation is 2. The molecule has 2 N–H and O–H groups in total. The number of furan rings is 2. The summed E-state index contributed by atoms with van der Waals surface area (Å²) >= 11 is 0. The first-order chi connectivity index (χ1) is 13.5. The average molecular weight is 382 g/mol. The van der Waals surface area contributed by atoms with E-state index in [1.165, 1.54) is 7.11 Å². The molecular weight excluding hydrogens is 360 g/mol. The lowest BCUT2D eigenvalue weighted by Crippen LogP contribution is -2.13. The van der Waals surface area contributed by atoms with Gasteiger partial charge >= 0.3 is 0 Å². The van der Waals surface area contributed by atoms with E-state index in [4.69, 9.17) is 13.6 Å². The molecule has 7 nitrogen and oxygen atoms in total. The Hall–Kier alpha value is -3.48. The molecule has 0 aliphatic heterocycles. The van der Waals surface area contributed by atoms with Crippen molar-refractivity contribution < 1.29 is 23.2 Å². The Kier molecular flexibility index (Phi) is 5.84. The van der Waals surface area contributed by atoms with Crippen LogP contribution in [0.4, 0.5) is 11.4 Å². The van der Waals surface area contributed by atoms with Crippen molar-refractivity contribution in [2.45, 2.75) is 26.7 Å². The number of methoxy groups -OCH3 is 1. The second kappa shape index (κ2) is 8.47. The van der Waals surface area contributed by atoms with Crippen molar-refractivity contribution in [2.75, 3.05) is 17.7 Å². The molecule has 1 aromatic carbocycles. The fourth-order valence-electron chi connectivity index (χ4n) is 2.63. The van der Waals surface area contributed by atoms with Gasteiger partial charge in [0.1, 0.15) is 17.3 Å². The highest BCUT2D eigenvalue weighted by molar-refractivity contribution is 6.04. The Labute approximate surface area is 162 Å². The van der Waals surface area contributed by atoms with Crippen LogP contribution in [0.15, 0.2) is 51.3 Å². The van der Waals surface area contributed by atoms with E-state index in [1.807, 2.05) is 13.8 Å². The number of rotatable bonds is 7. The molecule has 0 radical (unpaired) electrons. The molecule has 0 saturated carbocycles. The molecule has 0 fully saturated rings. The first kappa shape index (κ1) is 19.3. The van der Waals surface area contributed by atoms with Gasteiger partial charge in [-0.2, -0.15) is 0 Å². The van der Waals surface area contributed by atoms with Gasteiger partial charge in [-0.1, -0.05) is 13.8 Å². The molecule has 0 aliphatic carbocycles. The van der Waals surface area contributed by atoms with Gasteiger partial charge in [0, 0.05) is 24.6 Å². The van der Waals surface area contributed by atoms with Crippen LogP contribution in [0.1, 0.15) is 46.5 Å². The van der Waals surface area contributed by atoms with Crippen molar-refractivity contribution >= 4 is 23.2 Å². The number of anilines is 2. The zero-order valence-corrected chi connectivity index (χ0v) is 16.0. The summed E-state index contributed by atoms with van der Waals surface area (Å²) < 4.78 is 16.2. The van der Waals surface area contributed by atoms with E-state index in [0.29, 0.717) is 30.0 Å². The average Bonchev–Trinajstić information content (AvgIpc) is 3.38. The van der Waals surface area contributed by atoms with Crippen LogP contribution in [-0.2, 0) is 12.8 Å². The summed E-state index contributed by atoms with van der Waals surface area (Å²) in [4.78, 5) is 24.6. The zero-order valence-electron chi connectivity index (χ0n) is 16.0. The van der Waals surface area contributed by atoms with Crippen molar-refractivity contribution in [2.24, 2.45) is 0 Å². The number of amides is 2.